The Balaban J connectivity index is 2.14. The van der Waals surface area contributed by atoms with E-state index in [1.165, 1.54) is 5.56 Å². The van der Waals surface area contributed by atoms with Gasteiger partial charge in [0.05, 0.1) is 23.3 Å². The van der Waals surface area contributed by atoms with Crippen molar-refractivity contribution in [2.24, 2.45) is 7.05 Å². The smallest absolute Gasteiger partial charge is 0.0766 e. The molecule has 0 amide bonds. The molecule has 2 rings (SSSR count). The average molecular weight is 259 g/mol. The summed E-state index contributed by atoms with van der Waals surface area (Å²) in [4.78, 5) is 6.26. The molecule has 0 bridgehead atoms. The molecule has 5 heteroatoms. The lowest BCUT2D eigenvalue weighted by molar-refractivity contribution is 0.746. The Morgan fingerprint density at radius 2 is 2.16 bits per heavy atom. The van der Waals surface area contributed by atoms with E-state index in [-0.39, 0.29) is 0 Å². The topological polar surface area (TPSA) is 46.0 Å². The van der Waals surface area contributed by atoms with E-state index >= 15 is 0 Å². The molecule has 0 aliphatic rings. The van der Waals surface area contributed by atoms with Crippen molar-refractivity contribution >= 4 is 11.4 Å². The van der Waals surface area contributed by atoms with Crippen molar-refractivity contribution < 1.29 is 0 Å². The highest BCUT2D eigenvalue weighted by Crippen LogP contribution is 2.23. The first-order valence-electron chi connectivity index (χ1n) is 6.48. The van der Waals surface area contributed by atoms with Crippen LogP contribution in [-0.4, -0.2) is 28.9 Å². The fourth-order valence-electron chi connectivity index (χ4n) is 2.13. The zero-order chi connectivity index (χ0) is 13.8. The summed E-state index contributed by atoms with van der Waals surface area (Å²) in [6.45, 7) is 2.89. The maximum Gasteiger partial charge on any atom is 0.0766 e. The third-order valence-corrected chi connectivity index (χ3v) is 3.08. The number of hydrogen-bond acceptors (Lipinski definition) is 4. The highest BCUT2D eigenvalue weighted by Gasteiger charge is 2.08. The minimum atomic E-state index is 0.767. The predicted octanol–water partition coefficient (Wildman–Crippen LogP) is 2.06. The van der Waals surface area contributed by atoms with Crippen LogP contribution in [0.4, 0.5) is 11.4 Å². The third-order valence-electron chi connectivity index (χ3n) is 3.08. The van der Waals surface area contributed by atoms with Gasteiger partial charge in [0.2, 0.25) is 0 Å². The van der Waals surface area contributed by atoms with E-state index < -0.39 is 0 Å². The quantitative estimate of drug-likeness (QED) is 0.892. The lowest BCUT2D eigenvalue weighted by atomic mass is 10.2. The lowest BCUT2D eigenvalue weighted by Crippen LogP contribution is -2.12. The van der Waals surface area contributed by atoms with Crippen LogP contribution in [0.15, 0.2) is 24.7 Å². The molecule has 0 spiro atoms. The summed E-state index contributed by atoms with van der Waals surface area (Å²) in [5.74, 6) is 0. The van der Waals surface area contributed by atoms with E-state index in [0.29, 0.717) is 0 Å². The summed E-state index contributed by atoms with van der Waals surface area (Å²) >= 11 is 0. The Morgan fingerprint density at radius 1 is 1.37 bits per heavy atom. The van der Waals surface area contributed by atoms with E-state index in [4.69, 9.17) is 0 Å². The second kappa shape index (κ2) is 5.73. The molecule has 0 unspecified atom stereocenters. The summed E-state index contributed by atoms with van der Waals surface area (Å²) in [7, 11) is 6.02. The van der Waals surface area contributed by atoms with Crippen molar-refractivity contribution in [3.8, 4) is 0 Å². The Labute approximate surface area is 114 Å². The molecule has 102 valence electrons. The molecule has 0 atom stereocenters. The molecular weight excluding hydrogens is 238 g/mol. The summed E-state index contributed by atoms with van der Waals surface area (Å²) in [5, 5.41) is 7.89. The SMILES string of the molecule is CCc1nn(C)cc1CNc1cnccc1N(C)C. The van der Waals surface area contributed by atoms with Crippen LogP contribution in [0, 0.1) is 0 Å². The van der Waals surface area contributed by atoms with Crippen LogP contribution in [0.3, 0.4) is 0 Å². The first kappa shape index (κ1) is 13.4. The fraction of sp³-hybridized carbons (Fsp3) is 0.429. The van der Waals surface area contributed by atoms with Gasteiger partial charge in [0, 0.05) is 45.6 Å². The van der Waals surface area contributed by atoms with Gasteiger partial charge in [-0.3, -0.25) is 9.67 Å². The first-order chi connectivity index (χ1) is 9.11. The molecule has 2 aromatic heterocycles. The van der Waals surface area contributed by atoms with Gasteiger partial charge in [-0.25, -0.2) is 0 Å². The Kier molecular flexibility index (Phi) is 4.04. The minimum absolute atomic E-state index is 0.767. The number of nitrogens with one attached hydrogen (secondary N) is 1. The fourth-order valence-corrected chi connectivity index (χ4v) is 2.13. The van der Waals surface area contributed by atoms with Gasteiger partial charge in [-0.2, -0.15) is 5.10 Å². The van der Waals surface area contributed by atoms with Crippen LogP contribution in [0.5, 0.6) is 0 Å². The van der Waals surface area contributed by atoms with Crippen molar-refractivity contribution in [1.29, 1.82) is 0 Å². The van der Waals surface area contributed by atoms with E-state index in [0.717, 1.165) is 30.0 Å². The molecule has 0 aliphatic carbocycles. The van der Waals surface area contributed by atoms with Crippen LogP contribution in [-0.2, 0) is 20.0 Å². The van der Waals surface area contributed by atoms with Crippen LogP contribution in [0.25, 0.3) is 0 Å². The second-order valence-electron chi connectivity index (χ2n) is 4.77. The molecule has 2 heterocycles. The molecule has 1 N–H and O–H groups in total. The van der Waals surface area contributed by atoms with Crippen molar-refractivity contribution in [3.63, 3.8) is 0 Å². The molecule has 0 saturated carbocycles. The standard InChI is InChI=1S/C14H21N5/c1-5-12-11(10-19(4)17-12)8-16-13-9-15-7-6-14(13)18(2)3/h6-7,9-10,16H,5,8H2,1-4H3. The summed E-state index contributed by atoms with van der Waals surface area (Å²) in [5.41, 5.74) is 4.55. The maximum absolute atomic E-state index is 4.45. The van der Waals surface area contributed by atoms with Crippen molar-refractivity contribution in [2.75, 3.05) is 24.3 Å². The van der Waals surface area contributed by atoms with Gasteiger partial charge < -0.3 is 10.2 Å². The van der Waals surface area contributed by atoms with Gasteiger partial charge in [0.25, 0.3) is 0 Å². The molecule has 2 aromatic rings. The third kappa shape index (κ3) is 3.05. The molecular formula is C14H21N5. The molecule has 0 aliphatic heterocycles. The second-order valence-corrected chi connectivity index (χ2v) is 4.77. The van der Waals surface area contributed by atoms with Gasteiger partial charge >= 0.3 is 0 Å². The molecule has 0 aromatic carbocycles. The molecule has 19 heavy (non-hydrogen) atoms. The number of rotatable bonds is 5. The molecule has 5 nitrogen and oxygen atoms in total. The van der Waals surface area contributed by atoms with Gasteiger partial charge in [-0.15, -0.1) is 0 Å². The first-order valence-corrected chi connectivity index (χ1v) is 6.48. The van der Waals surface area contributed by atoms with Crippen LogP contribution >= 0.6 is 0 Å². The minimum Gasteiger partial charge on any atom is -0.378 e. The van der Waals surface area contributed by atoms with Gasteiger partial charge in [0.1, 0.15) is 0 Å². The number of aromatic nitrogens is 3. The van der Waals surface area contributed by atoms with E-state index in [2.05, 4.69) is 33.4 Å². The zero-order valence-corrected chi connectivity index (χ0v) is 12.0. The van der Waals surface area contributed by atoms with E-state index in [9.17, 15) is 0 Å². The van der Waals surface area contributed by atoms with Crippen molar-refractivity contribution in [1.82, 2.24) is 14.8 Å². The number of hydrogen-bond donors (Lipinski definition) is 1. The van der Waals surface area contributed by atoms with Crippen LogP contribution in [0.1, 0.15) is 18.2 Å². The Bertz CT molecular complexity index is 545. The number of pyridine rings is 1. The normalized spacial score (nSPS) is 10.5. The predicted molar refractivity (Wildman–Crippen MR) is 78.5 cm³/mol. The van der Waals surface area contributed by atoms with E-state index in [1.54, 1.807) is 0 Å². The molecule has 0 saturated heterocycles. The maximum atomic E-state index is 4.45. The monoisotopic (exact) mass is 259 g/mol. The summed E-state index contributed by atoms with van der Waals surface area (Å²) in [6, 6.07) is 2.01. The molecule has 0 fully saturated rings. The average Bonchev–Trinajstić information content (AvgIpc) is 2.77. The highest BCUT2D eigenvalue weighted by molar-refractivity contribution is 5.68. The van der Waals surface area contributed by atoms with Gasteiger partial charge in [0.15, 0.2) is 0 Å². The highest BCUT2D eigenvalue weighted by atomic mass is 15.3. The van der Waals surface area contributed by atoms with Crippen LogP contribution in [0.2, 0.25) is 0 Å². The van der Waals surface area contributed by atoms with Gasteiger partial charge in [-0.05, 0) is 12.5 Å². The zero-order valence-electron chi connectivity index (χ0n) is 12.0. The lowest BCUT2D eigenvalue weighted by Gasteiger charge is -2.17. The number of nitrogens with zero attached hydrogens (tertiary/aromatic N) is 4. The summed E-state index contributed by atoms with van der Waals surface area (Å²) in [6.07, 6.45) is 6.68. The number of anilines is 2. The Hall–Kier alpha value is -2.04. The largest absolute Gasteiger partial charge is 0.378 e. The van der Waals surface area contributed by atoms with Gasteiger partial charge in [-0.1, -0.05) is 6.92 Å². The number of aryl methyl sites for hydroxylation is 2. The Morgan fingerprint density at radius 3 is 2.84 bits per heavy atom. The van der Waals surface area contributed by atoms with Crippen molar-refractivity contribution in [2.45, 2.75) is 19.9 Å². The van der Waals surface area contributed by atoms with E-state index in [1.807, 2.05) is 44.3 Å². The molecule has 0 radical (unpaired) electrons. The van der Waals surface area contributed by atoms with Crippen LogP contribution < -0.4 is 10.2 Å². The van der Waals surface area contributed by atoms with Crippen molar-refractivity contribution in [3.05, 3.63) is 35.9 Å². The summed E-state index contributed by atoms with van der Waals surface area (Å²) < 4.78 is 1.87.